The van der Waals surface area contributed by atoms with Gasteiger partial charge in [-0.15, -0.1) is 0 Å². The maximum Gasteiger partial charge on any atom is 0.244 e. The molecule has 0 fully saturated rings. The van der Waals surface area contributed by atoms with E-state index in [1.54, 1.807) is 6.07 Å². The van der Waals surface area contributed by atoms with Gasteiger partial charge in [0.05, 0.1) is 0 Å². The van der Waals surface area contributed by atoms with E-state index in [-0.39, 0.29) is 11.9 Å². The molecule has 0 atom stereocenters. The molecule has 0 aromatic heterocycles. The van der Waals surface area contributed by atoms with Crippen LogP contribution in [0.5, 0.6) is 0 Å². The molecule has 0 aliphatic heterocycles. The number of rotatable bonds is 3. The molecular weight excluding hydrogens is 229 g/mol. The molecule has 0 radical (unpaired) electrons. The Bertz CT molecular complexity index is 415. The van der Waals surface area contributed by atoms with Crippen LogP contribution in [-0.2, 0) is 4.79 Å². The third kappa shape index (κ3) is 4.03. The molecule has 0 heterocycles. The quantitative estimate of drug-likeness (QED) is 0.810. The molecular formula is C12H13ClFNO. The molecule has 0 bridgehead atoms. The van der Waals surface area contributed by atoms with E-state index in [0.717, 1.165) is 0 Å². The van der Waals surface area contributed by atoms with E-state index in [9.17, 15) is 9.18 Å². The lowest BCUT2D eigenvalue weighted by atomic mass is 10.2. The predicted octanol–water partition coefficient (Wildman–Crippen LogP) is 3.02. The number of carbonyl (C=O) groups excluding carboxylic acids is 1. The van der Waals surface area contributed by atoms with Gasteiger partial charge in [-0.2, -0.15) is 0 Å². The monoisotopic (exact) mass is 241 g/mol. The zero-order valence-electron chi connectivity index (χ0n) is 9.13. The first-order valence-electron chi connectivity index (χ1n) is 4.92. The van der Waals surface area contributed by atoms with Crippen LogP contribution in [-0.4, -0.2) is 11.9 Å². The van der Waals surface area contributed by atoms with Gasteiger partial charge in [0.1, 0.15) is 5.82 Å². The molecule has 1 N–H and O–H groups in total. The molecule has 1 rings (SSSR count). The van der Waals surface area contributed by atoms with Crippen LogP contribution in [0, 0.1) is 5.82 Å². The molecule has 0 saturated heterocycles. The molecule has 86 valence electrons. The summed E-state index contributed by atoms with van der Waals surface area (Å²) in [7, 11) is 0. The van der Waals surface area contributed by atoms with Gasteiger partial charge in [0.2, 0.25) is 5.91 Å². The van der Waals surface area contributed by atoms with Crippen molar-refractivity contribution in [3.63, 3.8) is 0 Å². The van der Waals surface area contributed by atoms with Crippen LogP contribution in [0.25, 0.3) is 6.08 Å². The molecule has 1 aromatic carbocycles. The van der Waals surface area contributed by atoms with Crippen molar-refractivity contribution in [3.8, 4) is 0 Å². The molecule has 16 heavy (non-hydrogen) atoms. The van der Waals surface area contributed by atoms with Crippen LogP contribution < -0.4 is 5.32 Å². The molecule has 0 saturated carbocycles. The number of nitrogens with one attached hydrogen (secondary N) is 1. The Morgan fingerprint density at radius 1 is 1.50 bits per heavy atom. The van der Waals surface area contributed by atoms with Gasteiger partial charge in [-0.3, -0.25) is 4.79 Å². The first kappa shape index (κ1) is 12.7. The van der Waals surface area contributed by atoms with E-state index in [4.69, 9.17) is 11.6 Å². The van der Waals surface area contributed by atoms with E-state index < -0.39 is 5.82 Å². The van der Waals surface area contributed by atoms with Crippen LogP contribution in [0.3, 0.4) is 0 Å². The van der Waals surface area contributed by atoms with Crippen LogP contribution in [0.15, 0.2) is 24.3 Å². The molecule has 2 nitrogen and oxygen atoms in total. The second-order valence-electron chi connectivity index (χ2n) is 3.66. The molecule has 0 unspecified atom stereocenters. The zero-order valence-corrected chi connectivity index (χ0v) is 9.88. The van der Waals surface area contributed by atoms with Crippen LogP contribution in [0.1, 0.15) is 19.4 Å². The summed E-state index contributed by atoms with van der Waals surface area (Å²) in [4.78, 5) is 11.3. The average molecular weight is 242 g/mol. The average Bonchev–Trinajstić information content (AvgIpc) is 2.15. The standard InChI is InChI=1S/C12H13ClFNO/c1-8(2)15-12(16)6-4-9-3-5-10(13)7-11(9)14/h3-8H,1-2H3,(H,15,16)/b6-4+. The van der Waals surface area contributed by atoms with Crippen molar-refractivity contribution in [1.82, 2.24) is 5.32 Å². The van der Waals surface area contributed by atoms with Crippen molar-refractivity contribution in [2.75, 3.05) is 0 Å². The minimum Gasteiger partial charge on any atom is -0.350 e. The van der Waals surface area contributed by atoms with Crippen molar-refractivity contribution in [2.24, 2.45) is 0 Å². The van der Waals surface area contributed by atoms with Gasteiger partial charge in [-0.05, 0) is 32.1 Å². The van der Waals surface area contributed by atoms with Gasteiger partial charge < -0.3 is 5.32 Å². The van der Waals surface area contributed by atoms with Crippen LogP contribution in [0.2, 0.25) is 5.02 Å². The second-order valence-corrected chi connectivity index (χ2v) is 4.10. The first-order chi connectivity index (χ1) is 7.49. The van der Waals surface area contributed by atoms with Crippen LogP contribution >= 0.6 is 11.6 Å². The largest absolute Gasteiger partial charge is 0.350 e. The summed E-state index contributed by atoms with van der Waals surface area (Å²) in [6.07, 6.45) is 2.72. The summed E-state index contributed by atoms with van der Waals surface area (Å²) in [6.45, 7) is 3.71. The van der Waals surface area contributed by atoms with Crippen molar-refractivity contribution < 1.29 is 9.18 Å². The van der Waals surface area contributed by atoms with Crippen molar-refractivity contribution >= 4 is 23.6 Å². The van der Waals surface area contributed by atoms with Crippen molar-refractivity contribution in [2.45, 2.75) is 19.9 Å². The Labute approximate surface area is 99.1 Å². The van der Waals surface area contributed by atoms with Gasteiger partial charge in [0, 0.05) is 22.7 Å². The molecule has 1 amide bonds. The van der Waals surface area contributed by atoms with Gasteiger partial charge in [0.15, 0.2) is 0 Å². The van der Waals surface area contributed by atoms with E-state index >= 15 is 0 Å². The van der Waals surface area contributed by atoms with E-state index in [1.807, 2.05) is 13.8 Å². The number of carbonyl (C=O) groups is 1. The lowest BCUT2D eigenvalue weighted by molar-refractivity contribution is -0.116. The molecule has 4 heteroatoms. The number of hydrogen-bond donors (Lipinski definition) is 1. The first-order valence-corrected chi connectivity index (χ1v) is 5.30. The Kier molecular flexibility index (Phi) is 4.50. The zero-order chi connectivity index (χ0) is 12.1. The Balaban J connectivity index is 2.73. The normalized spacial score (nSPS) is 11.1. The molecule has 0 aliphatic rings. The highest BCUT2D eigenvalue weighted by atomic mass is 35.5. The highest BCUT2D eigenvalue weighted by Crippen LogP contribution is 2.15. The smallest absolute Gasteiger partial charge is 0.244 e. The van der Waals surface area contributed by atoms with Gasteiger partial charge in [-0.25, -0.2) is 4.39 Å². The lowest BCUT2D eigenvalue weighted by Crippen LogP contribution is -2.28. The van der Waals surface area contributed by atoms with E-state index in [0.29, 0.717) is 10.6 Å². The second kappa shape index (κ2) is 5.66. The number of halogens is 2. The highest BCUT2D eigenvalue weighted by molar-refractivity contribution is 6.30. The fraction of sp³-hybridized carbons (Fsp3) is 0.250. The summed E-state index contributed by atoms with van der Waals surface area (Å²) in [6, 6.07) is 4.37. The third-order valence-electron chi connectivity index (χ3n) is 1.81. The van der Waals surface area contributed by atoms with Gasteiger partial charge in [-0.1, -0.05) is 17.7 Å². The van der Waals surface area contributed by atoms with Crippen molar-refractivity contribution in [1.29, 1.82) is 0 Å². The fourth-order valence-corrected chi connectivity index (χ4v) is 1.29. The summed E-state index contributed by atoms with van der Waals surface area (Å²) in [5, 5.41) is 3.00. The maximum atomic E-state index is 13.3. The Hall–Kier alpha value is -1.35. The lowest BCUT2D eigenvalue weighted by Gasteiger charge is -2.04. The van der Waals surface area contributed by atoms with Gasteiger partial charge in [0.25, 0.3) is 0 Å². The minimum absolute atomic E-state index is 0.0622. The minimum atomic E-state index is -0.443. The molecule has 0 aliphatic carbocycles. The fourth-order valence-electron chi connectivity index (χ4n) is 1.13. The summed E-state index contributed by atoms with van der Waals surface area (Å²) >= 11 is 5.61. The Morgan fingerprint density at radius 3 is 2.75 bits per heavy atom. The van der Waals surface area contributed by atoms with Crippen LogP contribution in [0.4, 0.5) is 4.39 Å². The summed E-state index contributed by atoms with van der Waals surface area (Å²) in [5.74, 6) is -0.689. The van der Waals surface area contributed by atoms with E-state index in [1.165, 1.54) is 24.3 Å². The summed E-state index contributed by atoms with van der Waals surface area (Å²) < 4.78 is 13.3. The van der Waals surface area contributed by atoms with Crippen molar-refractivity contribution in [3.05, 3.63) is 40.7 Å². The number of benzene rings is 1. The van der Waals surface area contributed by atoms with Gasteiger partial charge >= 0.3 is 0 Å². The topological polar surface area (TPSA) is 29.1 Å². The predicted molar refractivity (Wildman–Crippen MR) is 63.7 cm³/mol. The molecule has 0 spiro atoms. The number of hydrogen-bond acceptors (Lipinski definition) is 1. The molecule has 1 aromatic rings. The van der Waals surface area contributed by atoms with E-state index in [2.05, 4.69) is 5.32 Å². The third-order valence-corrected chi connectivity index (χ3v) is 2.04. The summed E-state index contributed by atoms with van der Waals surface area (Å²) in [5.41, 5.74) is 0.336. The highest BCUT2D eigenvalue weighted by Gasteiger charge is 2.01. The number of amides is 1. The Morgan fingerprint density at radius 2 is 2.19 bits per heavy atom. The SMILES string of the molecule is CC(C)NC(=O)/C=C/c1ccc(Cl)cc1F. The maximum absolute atomic E-state index is 13.3.